The predicted molar refractivity (Wildman–Crippen MR) is 62.9 cm³/mol. The van der Waals surface area contributed by atoms with Gasteiger partial charge < -0.3 is 5.73 Å². The van der Waals surface area contributed by atoms with Crippen molar-refractivity contribution in [3.05, 3.63) is 11.6 Å². The fourth-order valence-electron chi connectivity index (χ4n) is 1.63. The van der Waals surface area contributed by atoms with Crippen molar-refractivity contribution in [1.29, 1.82) is 0 Å². The van der Waals surface area contributed by atoms with Crippen molar-refractivity contribution in [2.75, 3.05) is 12.0 Å². The van der Waals surface area contributed by atoms with E-state index in [1.54, 1.807) is 0 Å². The largest absolute Gasteiger partial charge is 0.321 e. The van der Waals surface area contributed by atoms with Gasteiger partial charge in [-0.15, -0.1) is 0 Å². The van der Waals surface area contributed by atoms with Crippen molar-refractivity contribution >= 4 is 11.8 Å². The van der Waals surface area contributed by atoms with Crippen LogP contribution in [0.2, 0.25) is 0 Å². The Morgan fingerprint density at radius 3 is 2.93 bits per heavy atom. The van der Waals surface area contributed by atoms with Crippen LogP contribution in [0.5, 0.6) is 0 Å². The van der Waals surface area contributed by atoms with Crippen LogP contribution in [0.15, 0.2) is 0 Å². The Morgan fingerprint density at radius 1 is 1.60 bits per heavy atom. The van der Waals surface area contributed by atoms with Gasteiger partial charge in [0.05, 0.1) is 6.04 Å². The summed E-state index contributed by atoms with van der Waals surface area (Å²) in [6.07, 6.45) is 5.55. The highest BCUT2D eigenvalue weighted by Crippen LogP contribution is 2.38. The molecule has 0 amide bonds. The fourth-order valence-corrected chi connectivity index (χ4v) is 2.12. The van der Waals surface area contributed by atoms with E-state index in [1.807, 2.05) is 23.5 Å². The Bertz CT molecular complexity index is 332. The summed E-state index contributed by atoms with van der Waals surface area (Å²) in [5, 5.41) is 4.42. The maximum Gasteiger partial charge on any atom is 0.154 e. The van der Waals surface area contributed by atoms with Crippen LogP contribution in [-0.4, -0.2) is 26.8 Å². The Balaban J connectivity index is 2.05. The van der Waals surface area contributed by atoms with Gasteiger partial charge in [0, 0.05) is 13.0 Å². The number of aryl methyl sites for hydroxylation is 1. The van der Waals surface area contributed by atoms with Gasteiger partial charge in [-0.05, 0) is 31.3 Å². The highest BCUT2D eigenvalue weighted by Gasteiger charge is 2.29. The zero-order valence-electron chi connectivity index (χ0n) is 9.31. The first kappa shape index (κ1) is 11.0. The average Bonchev–Trinajstić information content (AvgIpc) is 2.99. The van der Waals surface area contributed by atoms with Gasteiger partial charge in [0.25, 0.3) is 0 Å². The molecule has 2 rings (SSSR count). The predicted octanol–water partition coefficient (Wildman–Crippen LogP) is 1.45. The van der Waals surface area contributed by atoms with Gasteiger partial charge in [0.1, 0.15) is 5.82 Å². The summed E-state index contributed by atoms with van der Waals surface area (Å²) >= 11 is 1.82. The second kappa shape index (κ2) is 4.53. The number of hydrogen-bond acceptors (Lipinski definition) is 4. The monoisotopic (exact) mass is 226 g/mol. The average molecular weight is 226 g/mol. The highest BCUT2D eigenvalue weighted by molar-refractivity contribution is 7.98. The number of thioether (sulfide) groups is 1. The molecule has 1 fully saturated rings. The van der Waals surface area contributed by atoms with Crippen molar-refractivity contribution in [1.82, 2.24) is 14.8 Å². The van der Waals surface area contributed by atoms with Gasteiger partial charge in [0.2, 0.25) is 0 Å². The Kier molecular flexibility index (Phi) is 3.31. The van der Waals surface area contributed by atoms with Crippen LogP contribution in [0.4, 0.5) is 0 Å². The van der Waals surface area contributed by atoms with E-state index in [-0.39, 0.29) is 6.04 Å². The molecule has 15 heavy (non-hydrogen) atoms. The maximum absolute atomic E-state index is 6.08. The molecule has 1 unspecified atom stereocenters. The molecule has 1 atom stereocenters. The van der Waals surface area contributed by atoms with Gasteiger partial charge in [-0.25, -0.2) is 4.98 Å². The minimum Gasteiger partial charge on any atom is -0.321 e. The van der Waals surface area contributed by atoms with E-state index in [2.05, 4.69) is 16.3 Å². The molecule has 0 aromatic carbocycles. The van der Waals surface area contributed by atoms with Crippen LogP contribution in [0.3, 0.4) is 0 Å². The molecule has 1 aliphatic carbocycles. The van der Waals surface area contributed by atoms with Crippen LogP contribution in [-0.2, 0) is 7.05 Å². The molecule has 0 radical (unpaired) electrons. The van der Waals surface area contributed by atoms with Crippen LogP contribution in [0.25, 0.3) is 0 Å². The van der Waals surface area contributed by atoms with E-state index >= 15 is 0 Å². The standard InChI is InChI=1S/C10H18N4S/c1-14-10(8(11)5-6-15-2)12-9(13-14)7-3-4-7/h7-8H,3-6,11H2,1-2H3. The van der Waals surface area contributed by atoms with Gasteiger partial charge in [-0.3, -0.25) is 4.68 Å². The lowest BCUT2D eigenvalue weighted by atomic mass is 10.2. The van der Waals surface area contributed by atoms with E-state index in [0.29, 0.717) is 5.92 Å². The number of nitrogens with zero attached hydrogens (tertiary/aromatic N) is 3. The minimum absolute atomic E-state index is 0.0300. The smallest absolute Gasteiger partial charge is 0.154 e. The van der Waals surface area contributed by atoms with Crippen molar-refractivity contribution in [2.24, 2.45) is 12.8 Å². The first-order valence-corrected chi connectivity index (χ1v) is 6.77. The second-order valence-corrected chi connectivity index (χ2v) is 5.10. The van der Waals surface area contributed by atoms with Gasteiger partial charge in [0.15, 0.2) is 5.82 Å². The molecule has 1 aliphatic rings. The summed E-state index contributed by atoms with van der Waals surface area (Å²) in [4.78, 5) is 4.54. The molecule has 0 aliphatic heterocycles. The zero-order chi connectivity index (χ0) is 10.8. The van der Waals surface area contributed by atoms with Crippen molar-refractivity contribution < 1.29 is 0 Å². The molecule has 84 valence electrons. The van der Waals surface area contributed by atoms with E-state index < -0.39 is 0 Å². The molecule has 0 bridgehead atoms. The molecule has 1 saturated carbocycles. The molecular weight excluding hydrogens is 208 g/mol. The zero-order valence-corrected chi connectivity index (χ0v) is 10.1. The summed E-state index contributed by atoms with van der Waals surface area (Å²) in [6, 6.07) is 0.0300. The van der Waals surface area contributed by atoms with E-state index in [1.165, 1.54) is 12.8 Å². The van der Waals surface area contributed by atoms with Crippen molar-refractivity contribution in [2.45, 2.75) is 31.2 Å². The number of rotatable bonds is 5. The van der Waals surface area contributed by atoms with Crippen LogP contribution >= 0.6 is 11.8 Å². The third-order valence-electron chi connectivity index (χ3n) is 2.72. The molecule has 0 spiro atoms. The maximum atomic E-state index is 6.08. The summed E-state index contributed by atoms with van der Waals surface area (Å²) in [7, 11) is 1.94. The fraction of sp³-hybridized carbons (Fsp3) is 0.800. The number of nitrogens with two attached hydrogens (primary N) is 1. The lowest BCUT2D eigenvalue weighted by molar-refractivity contribution is 0.593. The Hall–Kier alpha value is -0.550. The van der Waals surface area contributed by atoms with Gasteiger partial charge in [-0.1, -0.05) is 0 Å². The third-order valence-corrected chi connectivity index (χ3v) is 3.36. The summed E-state index contributed by atoms with van der Waals surface area (Å²) in [5.74, 6) is 3.61. The molecule has 4 nitrogen and oxygen atoms in total. The van der Waals surface area contributed by atoms with Crippen LogP contribution in [0.1, 0.15) is 42.9 Å². The molecule has 1 aromatic rings. The molecule has 1 heterocycles. The Morgan fingerprint density at radius 2 is 2.33 bits per heavy atom. The van der Waals surface area contributed by atoms with Gasteiger partial charge >= 0.3 is 0 Å². The first-order valence-electron chi connectivity index (χ1n) is 5.37. The van der Waals surface area contributed by atoms with Crippen molar-refractivity contribution in [3.8, 4) is 0 Å². The second-order valence-electron chi connectivity index (χ2n) is 4.11. The van der Waals surface area contributed by atoms with E-state index in [0.717, 1.165) is 23.8 Å². The highest BCUT2D eigenvalue weighted by atomic mass is 32.2. The summed E-state index contributed by atoms with van der Waals surface area (Å²) < 4.78 is 1.85. The lowest BCUT2D eigenvalue weighted by Gasteiger charge is -2.08. The van der Waals surface area contributed by atoms with E-state index in [9.17, 15) is 0 Å². The summed E-state index contributed by atoms with van der Waals surface area (Å²) in [5.41, 5.74) is 6.08. The van der Waals surface area contributed by atoms with E-state index in [4.69, 9.17) is 5.73 Å². The molecule has 5 heteroatoms. The lowest BCUT2D eigenvalue weighted by Crippen LogP contribution is -2.16. The first-order chi connectivity index (χ1) is 7.22. The molecule has 1 aromatic heterocycles. The molecular formula is C10H18N4S. The summed E-state index contributed by atoms with van der Waals surface area (Å²) in [6.45, 7) is 0. The van der Waals surface area contributed by atoms with Gasteiger partial charge in [-0.2, -0.15) is 16.9 Å². The quantitative estimate of drug-likeness (QED) is 0.825. The molecule has 2 N–H and O–H groups in total. The van der Waals surface area contributed by atoms with Crippen LogP contribution < -0.4 is 5.73 Å². The number of hydrogen-bond donors (Lipinski definition) is 1. The third kappa shape index (κ3) is 2.52. The SMILES string of the molecule is CSCCC(N)c1nc(C2CC2)nn1C. The minimum atomic E-state index is 0.0300. The Labute approximate surface area is 94.6 Å². The molecule has 0 saturated heterocycles. The normalized spacial score (nSPS) is 18.1. The van der Waals surface area contributed by atoms with Crippen molar-refractivity contribution in [3.63, 3.8) is 0 Å². The topological polar surface area (TPSA) is 56.7 Å². The number of aromatic nitrogens is 3. The van der Waals surface area contributed by atoms with Crippen LogP contribution in [0, 0.1) is 0 Å².